The van der Waals surface area contributed by atoms with Crippen molar-refractivity contribution >= 4 is 56.3 Å². The SMILES string of the molecule is Br.CCCCOC(=O)CSc1sc2ccccc2[n+]1CCC. The van der Waals surface area contributed by atoms with Gasteiger partial charge in [0.2, 0.25) is 5.52 Å². The second-order valence-corrected chi connectivity index (χ2v) is 7.10. The standard InChI is InChI=1S/C16H22NO2S2.BrH/c1-3-5-11-19-15(18)12-20-16-17(10-4-2)13-8-6-7-9-14(13)21-16;/h6-9H,3-5,10-12H2,1-2H3;1H/q+1;. The Morgan fingerprint density at radius 3 is 2.77 bits per heavy atom. The van der Waals surface area contributed by atoms with Crippen molar-refractivity contribution in [2.75, 3.05) is 12.4 Å². The molecule has 0 N–H and O–H groups in total. The largest absolute Gasteiger partial charge is 0.465 e. The molecule has 122 valence electrons. The highest BCUT2D eigenvalue weighted by atomic mass is 79.9. The summed E-state index contributed by atoms with van der Waals surface area (Å²) in [4.78, 5) is 11.7. The molecule has 0 saturated heterocycles. The molecule has 0 unspecified atom stereocenters. The van der Waals surface area contributed by atoms with Gasteiger partial charge in [-0.25, -0.2) is 0 Å². The minimum absolute atomic E-state index is 0. The van der Waals surface area contributed by atoms with Gasteiger partial charge in [0.25, 0.3) is 4.34 Å². The van der Waals surface area contributed by atoms with E-state index in [-0.39, 0.29) is 23.0 Å². The number of benzene rings is 1. The van der Waals surface area contributed by atoms with E-state index in [4.69, 9.17) is 4.74 Å². The maximum atomic E-state index is 11.7. The Morgan fingerprint density at radius 1 is 1.27 bits per heavy atom. The molecular weight excluding hydrogens is 382 g/mol. The lowest BCUT2D eigenvalue weighted by atomic mass is 10.3. The number of hydrogen-bond acceptors (Lipinski definition) is 4. The average molecular weight is 405 g/mol. The fraction of sp³-hybridized carbons (Fsp3) is 0.500. The van der Waals surface area contributed by atoms with Crippen molar-refractivity contribution in [3.8, 4) is 0 Å². The summed E-state index contributed by atoms with van der Waals surface area (Å²) in [6.45, 7) is 5.79. The van der Waals surface area contributed by atoms with Gasteiger partial charge in [-0.05, 0) is 24.2 Å². The number of para-hydroxylation sites is 1. The molecule has 1 heterocycles. The van der Waals surface area contributed by atoms with Crippen LogP contribution in [0.5, 0.6) is 0 Å². The van der Waals surface area contributed by atoms with E-state index in [9.17, 15) is 4.79 Å². The number of fused-ring (bicyclic) bond motifs is 1. The van der Waals surface area contributed by atoms with E-state index in [0.717, 1.165) is 25.8 Å². The van der Waals surface area contributed by atoms with Crippen LogP contribution in [0.2, 0.25) is 0 Å². The molecule has 0 saturated carbocycles. The van der Waals surface area contributed by atoms with Crippen molar-refractivity contribution in [1.29, 1.82) is 0 Å². The molecule has 22 heavy (non-hydrogen) atoms. The summed E-state index contributed by atoms with van der Waals surface area (Å²) < 4.78 is 9.98. The van der Waals surface area contributed by atoms with E-state index in [1.165, 1.54) is 14.6 Å². The highest BCUT2D eigenvalue weighted by Gasteiger charge is 2.21. The van der Waals surface area contributed by atoms with Crippen molar-refractivity contribution in [3.63, 3.8) is 0 Å². The summed E-state index contributed by atoms with van der Waals surface area (Å²) in [6, 6.07) is 8.40. The van der Waals surface area contributed by atoms with Gasteiger partial charge < -0.3 is 4.74 Å². The summed E-state index contributed by atoms with van der Waals surface area (Å²) in [5.74, 6) is 0.272. The number of nitrogens with zero attached hydrogens (tertiary/aromatic N) is 1. The van der Waals surface area contributed by atoms with Gasteiger partial charge >= 0.3 is 5.97 Å². The number of aromatic nitrogens is 1. The smallest absolute Gasteiger partial charge is 0.316 e. The van der Waals surface area contributed by atoms with E-state index >= 15 is 0 Å². The number of halogens is 1. The van der Waals surface area contributed by atoms with Crippen LogP contribution in [0.3, 0.4) is 0 Å². The summed E-state index contributed by atoms with van der Waals surface area (Å²) in [5, 5.41) is 0. The summed E-state index contributed by atoms with van der Waals surface area (Å²) in [5.41, 5.74) is 1.26. The number of rotatable bonds is 8. The van der Waals surface area contributed by atoms with Crippen LogP contribution in [-0.4, -0.2) is 18.3 Å². The first-order valence-electron chi connectivity index (χ1n) is 7.46. The van der Waals surface area contributed by atoms with Crippen LogP contribution in [-0.2, 0) is 16.1 Å². The number of aryl methyl sites for hydroxylation is 1. The van der Waals surface area contributed by atoms with Crippen LogP contribution in [0.1, 0.15) is 33.1 Å². The molecule has 3 nitrogen and oxygen atoms in total. The Balaban J connectivity index is 0.00000242. The second-order valence-electron chi connectivity index (χ2n) is 4.85. The van der Waals surface area contributed by atoms with Crippen LogP contribution in [0.15, 0.2) is 28.6 Å². The number of thiazole rings is 1. The fourth-order valence-corrected chi connectivity index (χ4v) is 4.32. The number of thioether (sulfide) groups is 1. The van der Waals surface area contributed by atoms with Crippen molar-refractivity contribution in [3.05, 3.63) is 24.3 Å². The second kappa shape index (κ2) is 10.2. The highest BCUT2D eigenvalue weighted by molar-refractivity contribution is 8.93. The van der Waals surface area contributed by atoms with Crippen molar-refractivity contribution < 1.29 is 14.1 Å². The van der Waals surface area contributed by atoms with Gasteiger partial charge in [-0.15, -0.1) is 17.0 Å². The Morgan fingerprint density at radius 2 is 2.05 bits per heavy atom. The third-order valence-electron chi connectivity index (χ3n) is 3.10. The molecule has 2 aromatic rings. The van der Waals surface area contributed by atoms with E-state index in [1.54, 1.807) is 23.1 Å². The van der Waals surface area contributed by atoms with Crippen LogP contribution < -0.4 is 4.57 Å². The third kappa shape index (κ3) is 5.25. The fourth-order valence-electron chi connectivity index (χ4n) is 2.05. The zero-order valence-corrected chi connectivity index (χ0v) is 16.4. The maximum absolute atomic E-state index is 11.7. The molecule has 0 amide bonds. The number of ether oxygens (including phenoxy) is 1. The van der Waals surface area contributed by atoms with Crippen molar-refractivity contribution in [1.82, 2.24) is 0 Å². The molecule has 0 fully saturated rings. The van der Waals surface area contributed by atoms with E-state index in [0.29, 0.717) is 12.4 Å². The summed E-state index contributed by atoms with van der Waals surface area (Å²) in [7, 11) is 0. The third-order valence-corrected chi connectivity index (χ3v) is 5.51. The van der Waals surface area contributed by atoms with E-state index < -0.39 is 0 Å². The Labute approximate surface area is 150 Å². The Kier molecular flexibility index (Phi) is 9.05. The molecule has 1 aromatic carbocycles. The average Bonchev–Trinajstić information content (AvgIpc) is 2.84. The van der Waals surface area contributed by atoms with Gasteiger partial charge in [0.05, 0.1) is 6.61 Å². The van der Waals surface area contributed by atoms with E-state index in [1.807, 2.05) is 0 Å². The molecule has 0 atom stereocenters. The molecule has 0 radical (unpaired) electrons. The lowest BCUT2D eigenvalue weighted by Crippen LogP contribution is -2.34. The monoisotopic (exact) mass is 404 g/mol. The van der Waals surface area contributed by atoms with Gasteiger partial charge in [0.1, 0.15) is 10.5 Å². The summed E-state index contributed by atoms with van der Waals surface area (Å²) >= 11 is 3.34. The molecule has 0 aliphatic heterocycles. The maximum Gasteiger partial charge on any atom is 0.316 e. The van der Waals surface area contributed by atoms with Gasteiger partial charge in [0.15, 0.2) is 6.54 Å². The number of carbonyl (C=O) groups is 1. The molecule has 0 bridgehead atoms. The van der Waals surface area contributed by atoms with Crippen LogP contribution >= 0.6 is 40.1 Å². The molecule has 2 rings (SSSR count). The molecule has 0 aliphatic carbocycles. The number of unbranched alkanes of at least 4 members (excludes halogenated alkanes) is 1. The van der Waals surface area contributed by atoms with Crippen molar-refractivity contribution in [2.45, 2.75) is 44.0 Å². The normalized spacial score (nSPS) is 10.5. The predicted octanol–water partition coefficient (Wildman–Crippen LogP) is 4.61. The number of esters is 1. The molecule has 0 aliphatic rings. The van der Waals surface area contributed by atoms with Gasteiger partial charge in [-0.1, -0.05) is 43.7 Å². The zero-order valence-electron chi connectivity index (χ0n) is 13.0. The van der Waals surface area contributed by atoms with Gasteiger partial charge in [-0.3, -0.25) is 4.79 Å². The first-order chi connectivity index (χ1) is 10.3. The summed E-state index contributed by atoms with van der Waals surface area (Å²) in [6.07, 6.45) is 3.07. The lowest BCUT2D eigenvalue weighted by Gasteiger charge is -2.02. The Bertz CT molecular complexity index is 601. The number of carbonyl (C=O) groups excluding carboxylic acids is 1. The van der Waals surface area contributed by atoms with E-state index in [2.05, 4.69) is 42.7 Å². The minimum atomic E-state index is -0.117. The Hall–Kier alpha value is -0.590. The first kappa shape index (κ1) is 19.5. The molecule has 0 spiro atoms. The molecule has 1 aromatic heterocycles. The predicted molar refractivity (Wildman–Crippen MR) is 99.2 cm³/mol. The lowest BCUT2D eigenvalue weighted by molar-refractivity contribution is -0.702. The van der Waals surface area contributed by atoms with Crippen molar-refractivity contribution in [2.24, 2.45) is 0 Å². The zero-order chi connectivity index (χ0) is 15.1. The van der Waals surface area contributed by atoms with Gasteiger partial charge in [-0.2, -0.15) is 4.57 Å². The highest BCUT2D eigenvalue weighted by Crippen LogP contribution is 2.28. The van der Waals surface area contributed by atoms with Crippen LogP contribution in [0, 0.1) is 0 Å². The van der Waals surface area contributed by atoms with Gasteiger partial charge in [0, 0.05) is 12.5 Å². The number of hydrogen-bond donors (Lipinski definition) is 0. The van der Waals surface area contributed by atoms with Crippen LogP contribution in [0.4, 0.5) is 0 Å². The quantitative estimate of drug-likeness (QED) is 0.278. The first-order valence-corrected chi connectivity index (χ1v) is 9.26. The minimum Gasteiger partial charge on any atom is -0.465 e. The molecular formula is C16H23BrNO2S2+. The topological polar surface area (TPSA) is 30.2 Å². The van der Waals surface area contributed by atoms with Crippen LogP contribution in [0.25, 0.3) is 10.2 Å². The molecule has 6 heteroatoms.